The van der Waals surface area contributed by atoms with Crippen LogP contribution in [-0.4, -0.2) is 48.5 Å². The normalized spacial score (nSPS) is 14.7. The second kappa shape index (κ2) is 9.44. The van der Waals surface area contributed by atoms with Crippen molar-refractivity contribution in [3.63, 3.8) is 0 Å². The third-order valence-corrected chi connectivity index (χ3v) is 5.32. The van der Waals surface area contributed by atoms with Crippen LogP contribution in [0.5, 0.6) is 0 Å². The highest BCUT2D eigenvalue weighted by Crippen LogP contribution is 2.29. The van der Waals surface area contributed by atoms with Crippen LogP contribution in [0.15, 0.2) is 28.7 Å². The first-order valence-corrected chi connectivity index (χ1v) is 8.73. The molecular weight excluding hydrogens is 375 g/mol. The lowest BCUT2D eigenvalue weighted by Gasteiger charge is -2.39. The second-order valence-corrected chi connectivity index (χ2v) is 6.43. The highest BCUT2D eigenvalue weighted by atomic mass is 35.5. The number of fused-ring (bicyclic) bond motifs is 1. The number of aromatic nitrogens is 1. The smallest absolute Gasteiger partial charge is 0.298 e. The van der Waals surface area contributed by atoms with Crippen LogP contribution in [0.1, 0.15) is 26.7 Å². The van der Waals surface area contributed by atoms with E-state index in [4.69, 9.17) is 10.2 Å². The van der Waals surface area contributed by atoms with Crippen molar-refractivity contribution in [2.24, 2.45) is 11.1 Å². The van der Waals surface area contributed by atoms with Crippen LogP contribution in [0.25, 0.3) is 11.1 Å². The van der Waals surface area contributed by atoms with Crippen LogP contribution in [0.2, 0.25) is 0 Å². The predicted octanol–water partition coefficient (Wildman–Crippen LogP) is 3.09. The molecule has 2 N–H and O–H groups in total. The van der Waals surface area contributed by atoms with Gasteiger partial charge >= 0.3 is 0 Å². The molecule has 3 rings (SSSR count). The van der Waals surface area contributed by atoms with Crippen molar-refractivity contribution in [2.75, 3.05) is 37.6 Å². The maximum atomic E-state index is 12.9. The molecule has 1 saturated heterocycles. The number of hydrogen-bond donors (Lipinski definition) is 1. The van der Waals surface area contributed by atoms with Gasteiger partial charge in [-0.25, -0.2) is 0 Å². The number of nitrogens with two attached hydrogens (primary N) is 1. The lowest BCUT2D eigenvalue weighted by molar-refractivity contribution is -0.142. The molecule has 0 spiro atoms. The zero-order chi connectivity index (χ0) is 17.2. The molecule has 0 aliphatic carbocycles. The summed E-state index contributed by atoms with van der Waals surface area (Å²) in [5.74, 6) is 0.187. The quantitative estimate of drug-likeness (QED) is 0.831. The summed E-state index contributed by atoms with van der Waals surface area (Å²) < 4.78 is 5.83. The SMILES string of the molecule is CCC(CC)(CN)C(=O)N1CCN(c2nc3ccccc3o2)CC1.Cl.Cl. The molecule has 0 unspecified atom stereocenters. The van der Waals surface area contributed by atoms with E-state index in [1.165, 1.54) is 0 Å². The minimum absolute atomic E-state index is 0. The van der Waals surface area contributed by atoms with Crippen molar-refractivity contribution in [2.45, 2.75) is 26.7 Å². The Bertz CT molecular complexity index is 669. The monoisotopic (exact) mass is 402 g/mol. The molecule has 0 atom stereocenters. The van der Waals surface area contributed by atoms with Crippen LogP contribution in [0, 0.1) is 5.41 Å². The molecule has 8 heteroatoms. The van der Waals surface area contributed by atoms with Crippen LogP contribution in [0.3, 0.4) is 0 Å². The third-order valence-electron chi connectivity index (χ3n) is 5.32. The lowest BCUT2D eigenvalue weighted by atomic mass is 9.81. The standard InChI is InChI=1S/C18H26N4O2.2ClH/c1-3-18(4-2,13-19)16(23)21-9-11-22(12-10-21)17-20-14-7-5-6-8-15(14)24-17;;/h5-8H,3-4,9-13,19H2,1-2H3;2*1H. The van der Waals surface area contributed by atoms with Crippen molar-refractivity contribution in [1.82, 2.24) is 9.88 Å². The van der Waals surface area contributed by atoms with Gasteiger partial charge in [-0.05, 0) is 25.0 Å². The topological polar surface area (TPSA) is 75.6 Å². The molecule has 146 valence electrons. The van der Waals surface area contributed by atoms with Gasteiger partial charge in [0.25, 0.3) is 6.01 Å². The van der Waals surface area contributed by atoms with E-state index < -0.39 is 5.41 Å². The van der Waals surface area contributed by atoms with E-state index >= 15 is 0 Å². The van der Waals surface area contributed by atoms with Gasteiger partial charge in [0.1, 0.15) is 5.52 Å². The molecule has 2 heterocycles. The lowest BCUT2D eigenvalue weighted by Crippen LogP contribution is -2.55. The van der Waals surface area contributed by atoms with Gasteiger partial charge in [0.2, 0.25) is 5.91 Å². The number of halogens is 2. The van der Waals surface area contributed by atoms with Crippen LogP contribution in [0.4, 0.5) is 6.01 Å². The van der Waals surface area contributed by atoms with E-state index in [1.807, 2.05) is 43.0 Å². The van der Waals surface area contributed by atoms with Gasteiger partial charge in [0.05, 0.1) is 5.41 Å². The molecule has 1 amide bonds. The summed E-state index contributed by atoms with van der Waals surface area (Å²) in [6.07, 6.45) is 1.56. The summed E-state index contributed by atoms with van der Waals surface area (Å²) >= 11 is 0. The molecule has 0 saturated carbocycles. The molecule has 6 nitrogen and oxygen atoms in total. The number of carbonyl (C=O) groups is 1. The van der Waals surface area contributed by atoms with Crippen molar-refractivity contribution in [3.8, 4) is 0 Å². The first-order valence-electron chi connectivity index (χ1n) is 8.73. The number of rotatable bonds is 5. The Morgan fingerprint density at radius 1 is 1.15 bits per heavy atom. The van der Waals surface area contributed by atoms with Gasteiger partial charge in [0.15, 0.2) is 5.58 Å². The van der Waals surface area contributed by atoms with Crippen LogP contribution < -0.4 is 10.6 Å². The average molecular weight is 403 g/mol. The number of para-hydroxylation sites is 2. The summed E-state index contributed by atoms with van der Waals surface area (Å²) in [6, 6.07) is 8.40. The fourth-order valence-electron chi connectivity index (χ4n) is 3.36. The van der Waals surface area contributed by atoms with E-state index in [9.17, 15) is 4.79 Å². The molecule has 1 aliphatic rings. The van der Waals surface area contributed by atoms with E-state index in [0.717, 1.165) is 37.0 Å². The highest BCUT2D eigenvalue weighted by molar-refractivity contribution is 5.85. The average Bonchev–Trinajstić information content (AvgIpc) is 3.08. The third kappa shape index (κ3) is 4.08. The van der Waals surface area contributed by atoms with Gasteiger partial charge in [-0.2, -0.15) is 4.98 Å². The van der Waals surface area contributed by atoms with E-state index in [-0.39, 0.29) is 30.7 Å². The summed E-state index contributed by atoms with van der Waals surface area (Å²) in [6.45, 7) is 7.31. The number of hydrogen-bond acceptors (Lipinski definition) is 5. The van der Waals surface area contributed by atoms with Gasteiger partial charge in [0, 0.05) is 32.7 Å². The Hall–Kier alpha value is -1.50. The number of anilines is 1. The molecule has 2 aromatic rings. The van der Waals surface area contributed by atoms with Gasteiger partial charge in [-0.15, -0.1) is 24.8 Å². The maximum Gasteiger partial charge on any atom is 0.298 e. The molecule has 1 aromatic heterocycles. The molecule has 0 radical (unpaired) electrons. The Morgan fingerprint density at radius 2 is 1.77 bits per heavy atom. The van der Waals surface area contributed by atoms with Gasteiger partial charge in [-0.3, -0.25) is 4.79 Å². The fraction of sp³-hybridized carbons (Fsp3) is 0.556. The Labute approximate surface area is 166 Å². The van der Waals surface area contributed by atoms with E-state index in [0.29, 0.717) is 25.6 Å². The molecule has 1 aliphatic heterocycles. The number of carbonyl (C=O) groups excluding carboxylic acids is 1. The van der Waals surface area contributed by atoms with Crippen molar-refractivity contribution in [3.05, 3.63) is 24.3 Å². The van der Waals surface area contributed by atoms with E-state index in [1.54, 1.807) is 0 Å². The zero-order valence-corrected chi connectivity index (χ0v) is 16.9. The second-order valence-electron chi connectivity index (χ2n) is 6.43. The van der Waals surface area contributed by atoms with Gasteiger partial charge < -0.3 is 20.0 Å². The molecular formula is C18H28Cl2N4O2. The first-order chi connectivity index (χ1) is 11.6. The predicted molar refractivity (Wildman–Crippen MR) is 109 cm³/mol. The number of oxazole rings is 1. The molecule has 0 bridgehead atoms. The van der Waals surface area contributed by atoms with Crippen molar-refractivity contribution in [1.29, 1.82) is 0 Å². The first kappa shape index (κ1) is 22.5. The summed E-state index contributed by atoms with van der Waals surface area (Å²) in [5.41, 5.74) is 7.16. The molecule has 26 heavy (non-hydrogen) atoms. The van der Waals surface area contributed by atoms with Crippen LogP contribution >= 0.6 is 24.8 Å². The van der Waals surface area contributed by atoms with Crippen molar-refractivity contribution >= 4 is 47.8 Å². The minimum Gasteiger partial charge on any atom is -0.423 e. The summed E-state index contributed by atoms with van der Waals surface area (Å²) in [4.78, 5) is 21.5. The Morgan fingerprint density at radius 3 is 2.31 bits per heavy atom. The Balaban J connectivity index is 0.00000169. The zero-order valence-electron chi connectivity index (χ0n) is 15.3. The number of amides is 1. The number of benzene rings is 1. The highest BCUT2D eigenvalue weighted by Gasteiger charge is 2.38. The van der Waals surface area contributed by atoms with E-state index in [2.05, 4.69) is 9.88 Å². The molecule has 1 aromatic carbocycles. The Kier molecular flexibility index (Phi) is 8.18. The number of nitrogens with zero attached hydrogens (tertiary/aromatic N) is 3. The van der Waals surface area contributed by atoms with Crippen molar-refractivity contribution < 1.29 is 9.21 Å². The summed E-state index contributed by atoms with van der Waals surface area (Å²) in [7, 11) is 0. The number of piperazine rings is 1. The fourth-order valence-corrected chi connectivity index (χ4v) is 3.36. The molecule has 1 fully saturated rings. The minimum atomic E-state index is -0.417. The summed E-state index contributed by atoms with van der Waals surface area (Å²) in [5, 5.41) is 0. The van der Waals surface area contributed by atoms with Crippen LogP contribution in [-0.2, 0) is 4.79 Å². The largest absolute Gasteiger partial charge is 0.423 e. The van der Waals surface area contributed by atoms with Gasteiger partial charge in [-0.1, -0.05) is 26.0 Å². The maximum absolute atomic E-state index is 12.9.